The van der Waals surface area contributed by atoms with Crippen LogP contribution < -0.4 is 11.1 Å². The van der Waals surface area contributed by atoms with Gasteiger partial charge in [-0.2, -0.15) is 11.8 Å². The van der Waals surface area contributed by atoms with Crippen LogP contribution in [0.25, 0.3) is 0 Å². The Labute approximate surface area is 103 Å². The predicted molar refractivity (Wildman–Crippen MR) is 70.6 cm³/mol. The predicted octanol–water partition coefficient (Wildman–Crippen LogP) is 1.76. The van der Waals surface area contributed by atoms with Crippen LogP contribution in [0.4, 0.5) is 0 Å². The van der Waals surface area contributed by atoms with Gasteiger partial charge in [0, 0.05) is 18.3 Å². The van der Waals surface area contributed by atoms with Crippen LogP contribution in [0.3, 0.4) is 0 Å². The van der Waals surface area contributed by atoms with Crippen molar-refractivity contribution in [1.82, 2.24) is 5.32 Å². The van der Waals surface area contributed by atoms with Crippen molar-refractivity contribution in [2.24, 2.45) is 11.1 Å². The number of carbonyl (C=O) groups is 1. The molecule has 1 atom stereocenters. The first-order valence-corrected chi connectivity index (χ1v) is 7.39. The summed E-state index contributed by atoms with van der Waals surface area (Å²) in [6.07, 6.45) is 4.21. The molecule has 1 unspecified atom stereocenters. The van der Waals surface area contributed by atoms with Gasteiger partial charge in [0.25, 0.3) is 0 Å². The summed E-state index contributed by atoms with van der Waals surface area (Å²) in [5.41, 5.74) is 5.52. The lowest BCUT2D eigenvalue weighted by Crippen LogP contribution is -2.47. The zero-order valence-electron chi connectivity index (χ0n) is 10.4. The van der Waals surface area contributed by atoms with E-state index in [4.69, 9.17) is 5.73 Å². The van der Waals surface area contributed by atoms with Crippen molar-refractivity contribution in [3.63, 3.8) is 0 Å². The van der Waals surface area contributed by atoms with E-state index in [0.717, 1.165) is 37.2 Å². The summed E-state index contributed by atoms with van der Waals surface area (Å²) in [7, 11) is 0. The van der Waals surface area contributed by atoms with E-state index in [0.29, 0.717) is 6.54 Å². The summed E-state index contributed by atoms with van der Waals surface area (Å²) in [5, 5.41) is 3.11. The molecule has 0 aromatic rings. The van der Waals surface area contributed by atoms with Gasteiger partial charge in [-0.25, -0.2) is 0 Å². The highest BCUT2D eigenvalue weighted by Gasteiger charge is 2.39. The summed E-state index contributed by atoms with van der Waals surface area (Å²) in [5.74, 6) is 2.27. The molecule has 0 radical (unpaired) electrons. The van der Waals surface area contributed by atoms with Gasteiger partial charge in [-0.3, -0.25) is 4.79 Å². The fraction of sp³-hybridized carbons (Fsp3) is 0.917. The number of nitrogens with two attached hydrogens (primary N) is 1. The normalized spacial score (nSPS) is 20.7. The van der Waals surface area contributed by atoms with E-state index < -0.39 is 0 Å². The van der Waals surface area contributed by atoms with Crippen LogP contribution in [0.5, 0.6) is 0 Å². The smallest absolute Gasteiger partial charge is 0.227 e. The Morgan fingerprint density at radius 1 is 1.50 bits per heavy atom. The van der Waals surface area contributed by atoms with Gasteiger partial charge < -0.3 is 11.1 Å². The van der Waals surface area contributed by atoms with Crippen LogP contribution >= 0.6 is 11.8 Å². The second-order valence-corrected chi connectivity index (χ2v) is 6.04. The lowest BCUT2D eigenvalue weighted by Gasteiger charge is -2.27. The Balaban J connectivity index is 2.43. The maximum Gasteiger partial charge on any atom is 0.227 e. The molecule has 0 saturated heterocycles. The van der Waals surface area contributed by atoms with E-state index in [9.17, 15) is 4.79 Å². The topological polar surface area (TPSA) is 55.1 Å². The van der Waals surface area contributed by atoms with Gasteiger partial charge in [-0.15, -0.1) is 0 Å². The Kier molecular flexibility index (Phi) is 5.62. The zero-order chi connectivity index (χ0) is 12.0. The first-order chi connectivity index (χ1) is 7.64. The van der Waals surface area contributed by atoms with E-state index >= 15 is 0 Å². The third-order valence-electron chi connectivity index (χ3n) is 3.38. The minimum Gasteiger partial charge on any atom is -0.352 e. The van der Waals surface area contributed by atoms with E-state index in [1.807, 2.05) is 11.8 Å². The van der Waals surface area contributed by atoms with Crippen LogP contribution in [0.1, 0.15) is 39.5 Å². The fourth-order valence-electron chi connectivity index (χ4n) is 2.29. The molecule has 0 aliphatic heterocycles. The summed E-state index contributed by atoms with van der Waals surface area (Å²) in [6.45, 7) is 4.70. The molecular formula is C12H24N2OS. The molecular weight excluding hydrogens is 220 g/mol. The fourth-order valence-corrected chi connectivity index (χ4v) is 2.96. The summed E-state index contributed by atoms with van der Waals surface area (Å²) >= 11 is 1.86. The first-order valence-electron chi connectivity index (χ1n) is 6.23. The average molecular weight is 244 g/mol. The Morgan fingerprint density at radius 2 is 2.12 bits per heavy atom. The number of rotatable bonds is 6. The molecule has 4 heteroatoms. The molecule has 94 valence electrons. The van der Waals surface area contributed by atoms with Crippen molar-refractivity contribution < 1.29 is 4.79 Å². The third-order valence-corrected chi connectivity index (χ3v) is 4.53. The largest absolute Gasteiger partial charge is 0.352 e. The number of hydrogen-bond donors (Lipinski definition) is 2. The van der Waals surface area contributed by atoms with Crippen molar-refractivity contribution >= 4 is 17.7 Å². The molecule has 1 aliphatic carbocycles. The van der Waals surface area contributed by atoms with Gasteiger partial charge >= 0.3 is 0 Å². The van der Waals surface area contributed by atoms with Crippen molar-refractivity contribution in [3.8, 4) is 0 Å². The zero-order valence-corrected chi connectivity index (χ0v) is 11.2. The third kappa shape index (κ3) is 3.39. The SMILES string of the molecule is CCSCC(C)NC(=O)C1(CN)CCCC1. The van der Waals surface area contributed by atoms with Crippen LogP contribution in [0, 0.1) is 5.41 Å². The molecule has 3 N–H and O–H groups in total. The van der Waals surface area contributed by atoms with Gasteiger partial charge in [0.05, 0.1) is 5.41 Å². The van der Waals surface area contributed by atoms with Crippen LogP contribution in [-0.2, 0) is 4.79 Å². The molecule has 0 heterocycles. The molecule has 0 spiro atoms. The van der Waals surface area contributed by atoms with Gasteiger partial charge in [-0.1, -0.05) is 19.8 Å². The molecule has 1 amide bonds. The molecule has 1 aliphatic rings. The second kappa shape index (κ2) is 6.50. The van der Waals surface area contributed by atoms with Crippen molar-refractivity contribution in [2.75, 3.05) is 18.1 Å². The minimum atomic E-state index is -0.259. The van der Waals surface area contributed by atoms with Gasteiger partial charge in [0.2, 0.25) is 5.91 Å². The maximum atomic E-state index is 12.2. The Bertz CT molecular complexity index is 227. The summed E-state index contributed by atoms with van der Waals surface area (Å²) in [6, 6.07) is 0.251. The Morgan fingerprint density at radius 3 is 2.62 bits per heavy atom. The molecule has 1 saturated carbocycles. The van der Waals surface area contributed by atoms with Crippen LogP contribution in [-0.4, -0.2) is 30.0 Å². The number of carbonyl (C=O) groups excluding carboxylic acids is 1. The molecule has 0 bridgehead atoms. The number of amides is 1. The molecule has 0 aromatic carbocycles. The average Bonchev–Trinajstić information content (AvgIpc) is 2.76. The van der Waals surface area contributed by atoms with E-state index in [1.165, 1.54) is 0 Å². The quantitative estimate of drug-likeness (QED) is 0.748. The highest BCUT2D eigenvalue weighted by Crippen LogP contribution is 2.37. The standard InChI is InChI=1S/C12H24N2OS/c1-3-16-8-10(2)14-11(15)12(9-13)6-4-5-7-12/h10H,3-9,13H2,1-2H3,(H,14,15). The van der Waals surface area contributed by atoms with E-state index in [-0.39, 0.29) is 17.4 Å². The summed E-state index contributed by atoms with van der Waals surface area (Å²) in [4.78, 5) is 12.2. The van der Waals surface area contributed by atoms with Crippen LogP contribution in [0.15, 0.2) is 0 Å². The highest BCUT2D eigenvalue weighted by molar-refractivity contribution is 7.99. The van der Waals surface area contributed by atoms with Crippen LogP contribution in [0.2, 0.25) is 0 Å². The van der Waals surface area contributed by atoms with Crippen molar-refractivity contribution in [1.29, 1.82) is 0 Å². The van der Waals surface area contributed by atoms with Crippen molar-refractivity contribution in [2.45, 2.75) is 45.6 Å². The molecule has 16 heavy (non-hydrogen) atoms. The molecule has 0 aromatic heterocycles. The lowest BCUT2D eigenvalue weighted by atomic mass is 9.85. The monoisotopic (exact) mass is 244 g/mol. The molecule has 1 fully saturated rings. The number of nitrogens with one attached hydrogen (secondary N) is 1. The lowest BCUT2D eigenvalue weighted by molar-refractivity contribution is -0.130. The summed E-state index contributed by atoms with van der Waals surface area (Å²) < 4.78 is 0. The molecule has 3 nitrogen and oxygen atoms in total. The molecule has 1 rings (SSSR count). The van der Waals surface area contributed by atoms with Gasteiger partial charge in [0.15, 0.2) is 0 Å². The number of thioether (sulfide) groups is 1. The van der Waals surface area contributed by atoms with Crippen molar-refractivity contribution in [3.05, 3.63) is 0 Å². The first kappa shape index (κ1) is 13.8. The second-order valence-electron chi connectivity index (χ2n) is 4.73. The Hall–Kier alpha value is -0.220. The minimum absolute atomic E-state index is 0.178. The van der Waals surface area contributed by atoms with E-state index in [2.05, 4.69) is 19.2 Å². The highest BCUT2D eigenvalue weighted by atomic mass is 32.2. The number of hydrogen-bond acceptors (Lipinski definition) is 3. The van der Waals surface area contributed by atoms with Gasteiger partial charge in [-0.05, 0) is 25.5 Å². The van der Waals surface area contributed by atoms with E-state index in [1.54, 1.807) is 0 Å². The van der Waals surface area contributed by atoms with Gasteiger partial charge in [0.1, 0.15) is 0 Å². The maximum absolute atomic E-state index is 12.2.